The molecule has 0 spiro atoms. The van der Waals surface area contributed by atoms with E-state index in [4.69, 9.17) is 17.0 Å². The Balaban J connectivity index is 1.83. The lowest BCUT2D eigenvalue weighted by atomic mass is 10.1. The zero-order valence-corrected chi connectivity index (χ0v) is 16.3. The summed E-state index contributed by atoms with van der Waals surface area (Å²) in [4.78, 5) is 26.4. The van der Waals surface area contributed by atoms with Gasteiger partial charge in [-0.05, 0) is 61.1 Å². The minimum atomic E-state index is -0.507. The third-order valence-electron chi connectivity index (χ3n) is 4.10. The van der Waals surface area contributed by atoms with Gasteiger partial charge in [0.25, 0.3) is 11.8 Å². The second kappa shape index (κ2) is 8.63. The summed E-state index contributed by atoms with van der Waals surface area (Å²) >= 11 is 5.21. The fourth-order valence-electron chi connectivity index (χ4n) is 2.78. The van der Waals surface area contributed by atoms with Crippen molar-refractivity contribution in [2.24, 2.45) is 0 Å². The number of hydrogen-bond acceptors (Lipinski definition) is 4. The van der Waals surface area contributed by atoms with E-state index >= 15 is 0 Å². The molecule has 2 aromatic rings. The number of nitrogens with zero attached hydrogens (tertiary/aromatic N) is 1. The van der Waals surface area contributed by atoms with Crippen molar-refractivity contribution in [3.8, 4) is 11.5 Å². The van der Waals surface area contributed by atoms with E-state index in [2.05, 4.69) is 11.9 Å². The molecule has 0 aromatic heterocycles. The number of anilines is 1. The van der Waals surface area contributed by atoms with E-state index in [1.54, 1.807) is 24.3 Å². The molecule has 6 heteroatoms. The van der Waals surface area contributed by atoms with Crippen LogP contribution in [0, 0.1) is 0 Å². The highest BCUT2D eigenvalue weighted by atomic mass is 32.1. The fraction of sp³-hybridized carbons (Fsp3) is 0.136. The van der Waals surface area contributed by atoms with Gasteiger partial charge in [-0.25, -0.2) is 0 Å². The largest absolute Gasteiger partial charge is 0.457 e. The molecule has 2 amide bonds. The van der Waals surface area contributed by atoms with Crippen molar-refractivity contribution in [3.63, 3.8) is 0 Å². The van der Waals surface area contributed by atoms with E-state index in [1.807, 2.05) is 37.3 Å². The molecule has 1 N–H and O–H groups in total. The van der Waals surface area contributed by atoms with Gasteiger partial charge < -0.3 is 4.74 Å². The van der Waals surface area contributed by atoms with Gasteiger partial charge in [-0.2, -0.15) is 0 Å². The van der Waals surface area contributed by atoms with Crippen molar-refractivity contribution in [1.29, 1.82) is 0 Å². The molecular weight excluding hydrogens is 372 g/mol. The first-order chi connectivity index (χ1) is 13.5. The van der Waals surface area contributed by atoms with Crippen molar-refractivity contribution < 1.29 is 14.3 Å². The molecule has 2 aromatic carbocycles. The quantitative estimate of drug-likeness (QED) is 0.446. The van der Waals surface area contributed by atoms with Crippen LogP contribution >= 0.6 is 12.2 Å². The van der Waals surface area contributed by atoms with Gasteiger partial charge in [0.2, 0.25) is 0 Å². The molecule has 3 rings (SSSR count). The Morgan fingerprint density at radius 2 is 1.75 bits per heavy atom. The van der Waals surface area contributed by atoms with Gasteiger partial charge in [-0.3, -0.25) is 19.8 Å². The van der Waals surface area contributed by atoms with E-state index < -0.39 is 11.8 Å². The third kappa shape index (κ3) is 4.35. The number of carbonyl (C=O) groups is 2. The second-order valence-electron chi connectivity index (χ2n) is 6.28. The first kappa shape index (κ1) is 19.5. The van der Waals surface area contributed by atoms with E-state index in [1.165, 1.54) is 11.0 Å². The molecule has 0 saturated carbocycles. The number of nitrogens with one attached hydrogen (secondary N) is 1. The van der Waals surface area contributed by atoms with Gasteiger partial charge in [0, 0.05) is 0 Å². The number of allylic oxidation sites excluding steroid dienone is 2. The maximum absolute atomic E-state index is 12.9. The smallest absolute Gasteiger partial charge is 0.270 e. The van der Waals surface area contributed by atoms with Crippen molar-refractivity contribution in [1.82, 2.24) is 5.32 Å². The minimum Gasteiger partial charge on any atom is -0.457 e. The molecule has 1 fully saturated rings. The Labute approximate surface area is 169 Å². The summed E-state index contributed by atoms with van der Waals surface area (Å²) in [6.07, 6.45) is 3.12. The normalized spacial score (nSPS) is 15.5. The summed E-state index contributed by atoms with van der Waals surface area (Å²) in [5.74, 6) is 0.364. The Kier molecular flexibility index (Phi) is 6.01. The summed E-state index contributed by atoms with van der Waals surface area (Å²) in [5, 5.41) is 2.61. The van der Waals surface area contributed by atoms with E-state index in [0.717, 1.165) is 12.0 Å². The fourth-order valence-corrected chi connectivity index (χ4v) is 3.06. The highest BCUT2D eigenvalue weighted by Gasteiger charge is 2.34. The molecule has 0 radical (unpaired) electrons. The molecule has 0 bridgehead atoms. The highest BCUT2D eigenvalue weighted by Crippen LogP contribution is 2.26. The Morgan fingerprint density at radius 1 is 1.11 bits per heavy atom. The molecule has 28 heavy (non-hydrogen) atoms. The van der Waals surface area contributed by atoms with E-state index in [-0.39, 0.29) is 10.7 Å². The highest BCUT2D eigenvalue weighted by molar-refractivity contribution is 7.80. The van der Waals surface area contributed by atoms with Crippen LogP contribution in [-0.4, -0.2) is 16.9 Å². The van der Waals surface area contributed by atoms with Crippen LogP contribution in [0.25, 0.3) is 0 Å². The third-order valence-corrected chi connectivity index (χ3v) is 4.38. The lowest BCUT2D eigenvalue weighted by molar-refractivity contribution is -0.122. The molecule has 0 atom stereocenters. The number of hydrogen-bond donors (Lipinski definition) is 1. The predicted octanol–water partition coefficient (Wildman–Crippen LogP) is 4.51. The van der Waals surface area contributed by atoms with E-state index in [0.29, 0.717) is 23.6 Å². The van der Waals surface area contributed by atoms with Crippen LogP contribution in [0.1, 0.15) is 19.8 Å². The predicted molar refractivity (Wildman–Crippen MR) is 113 cm³/mol. The minimum absolute atomic E-state index is 0.0247. The average molecular weight is 392 g/mol. The Morgan fingerprint density at radius 3 is 2.39 bits per heavy atom. The standard InChI is InChI=1S/C22H20N2O3S/c1-3-7-15(2)14-19-20(25)23-22(28)24(21(19)26)16-10-12-18(13-11-16)27-17-8-5-4-6-9-17/h4-6,8-14H,2-3,7H2,1H3,(H,23,25,28)/b19-14+. The number of amides is 2. The van der Waals surface area contributed by atoms with Gasteiger partial charge in [0.1, 0.15) is 17.1 Å². The molecule has 1 aliphatic rings. The van der Waals surface area contributed by atoms with Crippen LogP contribution in [0.5, 0.6) is 11.5 Å². The monoisotopic (exact) mass is 392 g/mol. The van der Waals surface area contributed by atoms with Crippen molar-refractivity contribution >= 4 is 34.8 Å². The van der Waals surface area contributed by atoms with Gasteiger partial charge >= 0.3 is 0 Å². The summed E-state index contributed by atoms with van der Waals surface area (Å²) < 4.78 is 5.76. The molecule has 0 aliphatic carbocycles. The number of ether oxygens (including phenoxy) is 1. The van der Waals surface area contributed by atoms with Crippen molar-refractivity contribution in [2.75, 3.05) is 4.90 Å². The SMILES string of the molecule is C=C(/C=C1\C(=O)NC(=S)N(c2ccc(Oc3ccccc3)cc2)C1=O)CCC. The number of rotatable bonds is 6. The topological polar surface area (TPSA) is 58.6 Å². The van der Waals surface area contributed by atoms with E-state index in [9.17, 15) is 9.59 Å². The zero-order valence-electron chi connectivity index (χ0n) is 15.5. The Bertz CT molecular complexity index is 950. The van der Waals surface area contributed by atoms with Crippen LogP contribution in [0.4, 0.5) is 5.69 Å². The number of para-hydroxylation sites is 1. The summed E-state index contributed by atoms with van der Waals surface area (Å²) in [7, 11) is 0. The molecule has 1 aliphatic heterocycles. The first-order valence-corrected chi connectivity index (χ1v) is 9.32. The van der Waals surface area contributed by atoms with Crippen LogP contribution < -0.4 is 15.0 Å². The summed E-state index contributed by atoms with van der Waals surface area (Å²) in [6, 6.07) is 16.3. The van der Waals surface area contributed by atoms with Crippen LogP contribution in [0.3, 0.4) is 0 Å². The van der Waals surface area contributed by atoms with Gasteiger partial charge in [-0.15, -0.1) is 0 Å². The lowest BCUT2D eigenvalue weighted by Crippen LogP contribution is -2.54. The molecule has 142 valence electrons. The van der Waals surface area contributed by atoms with Crippen molar-refractivity contribution in [2.45, 2.75) is 19.8 Å². The summed E-state index contributed by atoms with van der Waals surface area (Å²) in [5.41, 5.74) is 1.29. The van der Waals surface area contributed by atoms with Gasteiger partial charge in [-0.1, -0.05) is 43.7 Å². The van der Waals surface area contributed by atoms with Gasteiger partial charge in [0.15, 0.2) is 5.11 Å². The van der Waals surface area contributed by atoms with Crippen molar-refractivity contribution in [3.05, 3.63) is 78.4 Å². The number of thiocarbonyl (C=S) groups is 1. The lowest BCUT2D eigenvalue weighted by Gasteiger charge is -2.29. The van der Waals surface area contributed by atoms with Crippen LogP contribution in [-0.2, 0) is 9.59 Å². The molecule has 0 unspecified atom stereocenters. The number of benzene rings is 2. The maximum Gasteiger partial charge on any atom is 0.270 e. The molecule has 1 saturated heterocycles. The average Bonchev–Trinajstić information content (AvgIpc) is 2.67. The maximum atomic E-state index is 12.9. The van der Waals surface area contributed by atoms with Crippen LogP contribution in [0.15, 0.2) is 78.4 Å². The number of carbonyl (C=O) groups excluding carboxylic acids is 2. The first-order valence-electron chi connectivity index (χ1n) is 8.92. The molecule has 5 nitrogen and oxygen atoms in total. The van der Waals surface area contributed by atoms with Gasteiger partial charge in [0.05, 0.1) is 5.69 Å². The second-order valence-corrected chi connectivity index (χ2v) is 6.66. The molecule has 1 heterocycles. The zero-order chi connectivity index (χ0) is 20.1. The van der Waals surface area contributed by atoms with Crippen LogP contribution in [0.2, 0.25) is 0 Å². The molecular formula is C22H20N2O3S. The summed E-state index contributed by atoms with van der Waals surface area (Å²) in [6.45, 7) is 5.91. The Hall–Kier alpha value is -3.25.